The van der Waals surface area contributed by atoms with Crippen molar-refractivity contribution in [3.05, 3.63) is 70.0 Å². The number of nitrogens with zero attached hydrogens (tertiary/aromatic N) is 5. The summed E-state index contributed by atoms with van der Waals surface area (Å²) in [5, 5.41) is 10.7. The summed E-state index contributed by atoms with van der Waals surface area (Å²) in [5.74, 6) is 1.93. The van der Waals surface area contributed by atoms with Crippen molar-refractivity contribution >= 4 is 46.8 Å². The van der Waals surface area contributed by atoms with E-state index in [-0.39, 0.29) is 17.9 Å². The Morgan fingerprint density at radius 1 is 1.00 bits per heavy atom. The van der Waals surface area contributed by atoms with Crippen LogP contribution in [-0.2, 0) is 16.0 Å². The third kappa shape index (κ3) is 7.59. The van der Waals surface area contributed by atoms with Gasteiger partial charge in [0.2, 0.25) is 11.8 Å². The summed E-state index contributed by atoms with van der Waals surface area (Å²) in [7, 11) is 0. The van der Waals surface area contributed by atoms with E-state index in [0.717, 1.165) is 40.8 Å². The van der Waals surface area contributed by atoms with E-state index < -0.39 is 5.41 Å². The van der Waals surface area contributed by atoms with Crippen LogP contribution in [0.3, 0.4) is 0 Å². The molecular weight excluding hydrogens is 565 g/mol. The molecule has 2 heterocycles. The highest BCUT2D eigenvalue weighted by Gasteiger charge is 2.34. The van der Waals surface area contributed by atoms with E-state index in [1.165, 1.54) is 0 Å². The van der Waals surface area contributed by atoms with Crippen LogP contribution >= 0.6 is 35.0 Å². The summed E-state index contributed by atoms with van der Waals surface area (Å²) in [6.45, 7) is 9.62. The molecule has 2 aromatic carbocycles. The molecule has 40 heavy (non-hydrogen) atoms. The molecule has 7 nitrogen and oxygen atoms in total. The van der Waals surface area contributed by atoms with Crippen molar-refractivity contribution in [2.45, 2.75) is 64.6 Å². The second kappa shape index (κ2) is 13.4. The van der Waals surface area contributed by atoms with Crippen LogP contribution in [0.15, 0.2) is 53.7 Å². The van der Waals surface area contributed by atoms with Gasteiger partial charge in [-0.2, -0.15) is 0 Å². The van der Waals surface area contributed by atoms with E-state index in [0.29, 0.717) is 42.5 Å². The molecule has 214 valence electrons. The number of unbranched alkanes of at least 4 members (excludes halogenated alkanes) is 1. The molecule has 3 aromatic rings. The van der Waals surface area contributed by atoms with E-state index in [4.69, 9.17) is 23.2 Å². The average molecular weight is 603 g/mol. The molecule has 2 amide bonds. The fraction of sp³-hybridized carbons (Fsp3) is 0.467. The van der Waals surface area contributed by atoms with Crippen LogP contribution < -0.4 is 0 Å². The second-order valence-electron chi connectivity index (χ2n) is 11.2. The summed E-state index contributed by atoms with van der Waals surface area (Å²) in [5.41, 5.74) is 1.59. The number of hydrogen-bond acceptors (Lipinski definition) is 5. The predicted molar refractivity (Wildman–Crippen MR) is 162 cm³/mol. The standard InChI is InChI=1S/C30H37Cl2N5O2S/c1-21-20-35(15-16-36(21)28(39)30(2,3)4)27(38)12-8-9-17-40-29-34-33-26(18-22-10-6-5-7-11-22)37(29)23-13-14-24(31)25(32)19-23/h5-7,10-11,13-14,19,21H,8-9,12,15-18,20H2,1-4H3. The largest absolute Gasteiger partial charge is 0.339 e. The lowest BCUT2D eigenvalue weighted by atomic mass is 9.93. The maximum absolute atomic E-state index is 12.9. The SMILES string of the molecule is CC1CN(C(=O)CCCCSc2nnc(Cc3ccccc3)n2-c2ccc(Cl)c(Cl)c2)CCN1C(=O)C(C)(C)C. The average Bonchev–Trinajstić information content (AvgIpc) is 3.31. The minimum atomic E-state index is -0.412. The number of carbonyl (C=O) groups excluding carboxylic acids is 2. The number of benzene rings is 2. The maximum Gasteiger partial charge on any atom is 0.228 e. The van der Waals surface area contributed by atoms with Gasteiger partial charge in [-0.05, 0) is 43.5 Å². The van der Waals surface area contributed by atoms with Crippen molar-refractivity contribution in [2.75, 3.05) is 25.4 Å². The van der Waals surface area contributed by atoms with E-state index in [2.05, 4.69) is 22.3 Å². The van der Waals surface area contributed by atoms with Crippen molar-refractivity contribution in [2.24, 2.45) is 5.41 Å². The van der Waals surface area contributed by atoms with Gasteiger partial charge in [-0.15, -0.1) is 10.2 Å². The van der Waals surface area contributed by atoms with Gasteiger partial charge < -0.3 is 9.80 Å². The normalized spacial score (nSPS) is 15.9. The number of thioether (sulfide) groups is 1. The van der Waals surface area contributed by atoms with Crippen molar-refractivity contribution < 1.29 is 9.59 Å². The molecule has 0 N–H and O–H groups in total. The van der Waals surface area contributed by atoms with Gasteiger partial charge in [-0.25, -0.2) is 0 Å². The smallest absolute Gasteiger partial charge is 0.228 e. The Labute approximate surface area is 251 Å². The van der Waals surface area contributed by atoms with Crippen molar-refractivity contribution in [3.8, 4) is 5.69 Å². The quantitative estimate of drug-likeness (QED) is 0.206. The molecule has 10 heteroatoms. The monoisotopic (exact) mass is 601 g/mol. The number of piperazine rings is 1. The summed E-state index contributed by atoms with van der Waals surface area (Å²) < 4.78 is 2.03. The van der Waals surface area contributed by atoms with Crippen LogP contribution in [0.25, 0.3) is 5.69 Å². The number of amides is 2. The maximum atomic E-state index is 12.9. The second-order valence-corrected chi connectivity index (χ2v) is 13.1. The Morgan fingerprint density at radius 3 is 2.42 bits per heavy atom. The van der Waals surface area contributed by atoms with Crippen LogP contribution in [0.1, 0.15) is 58.3 Å². The highest BCUT2D eigenvalue weighted by Crippen LogP contribution is 2.29. The third-order valence-corrected chi connectivity index (χ3v) is 8.72. The van der Waals surface area contributed by atoms with E-state index in [1.807, 2.05) is 72.4 Å². The fourth-order valence-electron chi connectivity index (χ4n) is 4.79. The van der Waals surface area contributed by atoms with Crippen LogP contribution in [0.5, 0.6) is 0 Å². The van der Waals surface area contributed by atoms with Gasteiger partial charge >= 0.3 is 0 Å². The summed E-state index contributed by atoms with van der Waals surface area (Å²) in [4.78, 5) is 29.4. The first-order valence-electron chi connectivity index (χ1n) is 13.7. The van der Waals surface area contributed by atoms with Gasteiger partial charge in [0.1, 0.15) is 5.82 Å². The number of aromatic nitrogens is 3. The van der Waals surface area contributed by atoms with E-state index in [1.54, 1.807) is 17.8 Å². The fourth-order valence-corrected chi connectivity index (χ4v) is 6.05. The molecule has 1 fully saturated rings. The lowest BCUT2D eigenvalue weighted by Gasteiger charge is -2.42. The molecule has 1 aliphatic heterocycles. The van der Waals surface area contributed by atoms with Crippen LogP contribution in [0.2, 0.25) is 10.0 Å². The van der Waals surface area contributed by atoms with E-state index in [9.17, 15) is 9.59 Å². The van der Waals surface area contributed by atoms with Gasteiger partial charge in [-0.3, -0.25) is 14.2 Å². The van der Waals surface area contributed by atoms with Crippen molar-refractivity contribution in [1.82, 2.24) is 24.6 Å². The Hall–Kier alpha value is -2.55. The first kappa shape index (κ1) is 30.4. The first-order valence-corrected chi connectivity index (χ1v) is 15.4. The van der Waals surface area contributed by atoms with Gasteiger partial charge in [-0.1, -0.05) is 86.1 Å². The molecule has 0 spiro atoms. The molecule has 1 aliphatic rings. The minimum Gasteiger partial charge on any atom is -0.339 e. The lowest BCUT2D eigenvalue weighted by molar-refractivity contribution is -0.148. The number of halogens is 2. The molecule has 1 atom stereocenters. The molecular formula is C30H37Cl2N5O2S. The molecule has 0 radical (unpaired) electrons. The Balaban J connectivity index is 1.32. The summed E-state index contributed by atoms with van der Waals surface area (Å²) in [6, 6.07) is 15.7. The topological polar surface area (TPSA) is 71.3 Å². The highest BCUT2D eigenvalue weighted by molar-refractivity contribution is 7.99. The van der Waals surface area contributed by atoms with Gasteiger partial charge in [0.05, 0.1) is 15.7 Å². The summed E-state index contributed by atoms with van der Waals surface area (Å²) >= 11 is 14.1. The number of carbonyl (C=O) groups is 2. The van der Waals surface area contributed by atoms with Crippen LogP contribution in [0, 0.1) is 5.41 Å². The highest BCUT2D eigenvalue weighted by atomic mass is 35.5. The van der Waals surface area contributed by atoms with Crippen LogP contribution in [-0.4, -0.2) is 67.8 Å². The molecule has 0 bridgehead atoms. The van der Waals surface area contributed by atoms with Gasteiger partial charge in [0.15, 0.2) is 5.16 Å². The molecule has 0 aliphatic carbocycles. The molecule has 0 saturated carbocycles. The van der Waals surface area contributed by atoms with Crippen LogP contribution in [0.4, 0.5) is 0 Å². The predicted octanol–water partition coefficient (Wildman–Crippen LogP) is 6.53. The summed E-state index contributed by atoms with van der Waals surface area (Å²) in [6.07, 6.45) is 2.80. The zero-order valence-corrected chi connectivity index (χ0v) is 25.9. The van der Waals surface area contributed by atoms with Gasteiger partial charge in [0, 0.05) is 49.7 Å². The Morgan fingerprint density at radius 2 is 1.75 bits per heavy atom. The zero-order chi connectivity index (χ0) is 28.9. The van der Waals surface area contributed by atoms with Crippen molar-refractivity contribution in [3.63, 3.8) is 0 Å². The first-order chi connectivity index (χ1) is 19.0. The Kier molecular flexibility index (Phi) is 10.2. The molecule has 4 rings (SSSR count). The zero-order valence-electron chi connectivity index (χ0n) is 23.6. The molecule has 1 aromatic heterocycles. The van der Waals surface area contributed by atoms with E-state index >= 15 is 0 Å². The molecule has 1 saturated heterocycles. The minimum absolute atomic E-state index is 0.0257. The van der Waals surface area contributed by atoms with Gasteiger partial charge in [0.25, 0.3) is 0 Å². The number of rotatable bonds is 9. The third-order valence-electron chi connectivity index (χ3n) is 6.97. The molecule has 1 unspecified atom stereocenters. The Bertz CT molecular complexity index is 1330. The number of hydrogen-bond donors (Lipinski definition) is 0. The van der Waals surface area contributed by atoms with Crippen molar-refractivity contribution in [1.29, 1.82) is 0 Å². The lowest BCUT2D eigenvalue weighted by Crippen LogP contribution is -2.57.